The van der Waals surface area contributed by atoms with Gasteiger partial charge in [0.15, 0.2) is 15.9 Å². The molecule has 4 rings (SSSR count). The summed E-state index contributed by atoms with van der Waals surface area (Å²) < 4.78 is 12.9. The maximum absolute atomic E-state index is 5.41. The van der Waals surface area contributed by atoms with Gasteiger partial charge in [0.2, 0.25) is 0 Å². The summed E-state index contributed by atoms with van der Waals surface area (Å²) in [5.74, 6) is 1.58. The first-order valence-corrected chi connectivity index (χ1v) is 9.77. The van der Waals surface area contributed by atoms with Crippen molar-refractivity contribution in [2.24, 2.45) is 0 Å². The van der Waals surface area contributed by atoms with Gasteiger partial charge in [-0.25, -0.2) is 9.97 Å². The van der Waals surface area contributed by atoms with E-state index in [4.69, 9.17) is 14.1 Å². The van der Waals surface area contributed by atoms with Gasteiger partial charge in [-0.3, -0.25) is 0 Å². The summed E-state index contributed by atoms with van der Waals surface area (Å²) in [7, 11) is 1.72. The van der Waals surface area contributed by atoms with Gasteiger partial charge >= 0.3 is 0 Å². The van der Waals surface area contributed by atoms with E-state index in [1.54, 1.807) is 36.5 Å². The van der Waals surface area contributed by atoms with E-state index in [1.165, 1.54) is 0 Å². The van der Waals surface area contributed by atoms with Crippen molar-refractivity contribution in [3.05, 3.63) is 53.7 Å². The van der Waals surface area contributed by atoms with Crippen molar-refractivity contribution in [2.75, 3.05) is 13.7 Å². The molecule has 0 atom stereocenters. The van der Waals surface area contributed by atoms with Crippen LogP contribution >= 0.6 is 23.1 Å². The Morgan fingerprint density at radius 3 is 2.96 bits per heavy atom. The van der Waals surface area contributed by atoms with Gasteiger partial charge in [-0.15, -0.1) is 11.3 Å². The molecule has 0 N–H and O–H groups in total. The molecule has 0 bridgehead atoms. The third-order valence-corrected chi connectivity index (χ3v) is 5.69. The second kappa shape index (κ2) is 7.43. The third-order valence-electron chi connectivity index (χ3n) is 3.77. The van der Waals surface area contributed by atoms with Crippen LogP contribution < -0.4 is 0 Å². The highest BCUT2D eigenvalue weighted by molar-refractivity contribution is 7.98. The van der Waals surface area contributed by atoms with Gasteiger partial charge in [0.1, 0.15) is 0 Å². The Hall–Kier alpha value is -2.09. The zero-order valence-electron chi connectivity index (χ0n) is 13.7. The van der Waals surface area contributed by atoms with E-state index in [0.29, 0.717) is 6.61 Å². The van der Waals surface area contributed by atoms with E-state index < -0.39 is 0 Å². The number of fused-ring (bicyclic) bond motifs is 1. The molecule has 3 aromatic heterocycles. The molecular weight excluding hydrogens is 354 g/mol. The smallest absolute Gasteiger partial charge is 0.169 e. The van der Waals surface area contributed by atoms with Gasteiger partial charge in [0.05, 0.1) is 29.6 Å². The summed E-state index contributed by atoms with van der Waals surface area (Å²) >= 11 is 3.30. The van der Waals surface area contributed by atoms with Gasteiger partial charge in [-0.05, 0) is 24.3 Å². The standard InChI is InChI=1S/C18H17N3O2S2/c1-22-10-8-21-15-6-3-2-5-14(15)20-18(21)25-12-13-11-24-17(19-13)16-7-4-9-23-16/h2-7,9,11H,8,10,12H2,1H3. The first-order valence-electron chi connectivity index (χ1n) is 7.90. The van der Waals surface area contributed by atoms with Crippen LogP contribution in [0.1, 0.15) is 5.69 Å². The molecular formula is C18H17N3O2S2. The van der Waals surface area contributed by atoms with Crippen molar-refractivity contribution in [1.29, 1.82) is 0 Å². The number of imidazole rings is 1. The normalized spacial score (nSPS) is 11.4. The third kappa shape index (κ3) is 3.49. The van der Waals surface area contributed by atoms with Gasteiger partial charge in [-0.2, -0.15) is 0 Å². The number of hydrogen-bond donors (Lipinski definition) is 0. The number of furan rings is 1. The summed E-state index contributed by atoms with van der Waals surface area (Å²) in [5, 5.41) is 3.98. The lowest BCUT2D eigenvalue weighted by atomic mass is 10.3. The Kier molecular flexibility index (Phi) is 4.87. The number of aromatic nitrogens is 3. The lowest BCUT2D eigenvalue weighted by Gasteiger charge is -2.07. The number of ether oxygens (including phenoxy) is 1. The van der Waals surface area contributed by atoms with Crippen molar-refractivity contribution in [3.8, 4) is 10.8 Å². The maximum atomic E-state index is 5.41. The Morgan fingerprint density at radius 1 is 1.20 bits per heavy atom. The van der Waals surface area contributed by atoms with E-state index in [-0.39, 0.29) is 0 Å². The number of thioether (sulfide) groups is 1. The minimum Gasteiger partial charge on any atom is -0.462 e. The fraction of sp³-hybridized carbons (Fsp3) is 0.222. The molecule has 0 aliphatic rings. The number of thiazole rings is 1. The summed E-state index contributed by atoms with van der Waals surface area (Å²) in [6.07, 6.45) is 1.67. The largest absolute Gasteiger partial charge is 0.462 e. The molecule has 5 nitrogen and oxygen atoms in total. The van der Waals surface area contributed by atoms with Gasteiger partial charge in [0.25, 0.3) is 0 Å². The van der Waals surface area contributed by atoms with Crippen LogP contribution in [0.2, 0.25) is 0 Å². The monoisotopic (exact) mass is 371 g/mol. The average molecular weight is 371 g/mol. The number of methoxy groups -OCH3 is 1. The second-order valence-electron chi connectivity index (χ2n) is 5.44. The van der Waals surface area contributed by atoms with Crippen LogP contribution in [-0.2, 0) is 17.0 Å². The molecule has 0 saturated heterocycles. The summed E-state index contributed by atoms with van der Waals surface area (Å²) in [4.78, 5) is 9.42. The predicted molar refractivity (Wildman–Crippen MR) is 101 cm³/mol. The molecule has 1 aromatic carbocycles. The van der Waals surface area contributed by atoms with E-state index in [9.17, 15) is 0 Å². The molecule has 0 spiro atoms. The number of hydrogen-bond acceptors (Lipinski definition) is 6. The van der Waals surface area contributed by atoms with Gasteiger partial charge < -0.3 is 13.7 Å². The van der Waals surface area contributed by atoms with Crippen molar-refractivity contribution in [3.63, 3.8) is 0 Å². The minimum absolute atomic E-state index is 0.660. The molecule has 0 unspecified atom stereocenters. The van der Waals surface area contributed by atoms with E-state index in [1.807, 2.05) is 30.3 Å². The Labute approximate surface area is 153 Å². The number of rotatable bonds is 7. The zero-order chi connectivity index (χ0) is 17.1. The molecule has 25 heavy (non-hydrogen) atoms. The molecule has 4 aromatic rings. The molecule has 3 heterocycles. The highest BCUT2D eigenvalue weighted by Crippen LogP contribution is 2.29. The fourth-order valence-electron chi connectivity index (χ4n) is 2.59. The van der Waals surface area contributed by atoms with Crippen LogP contribution in [0.4, 0.5) is 0 Å². The number of para-hydroxylation sites is 2. The minimum atomic E-state index is 0.660. The van der Waals surface area contributed by atoms with E-state index >= 15 is 0 Å². The Bertz CT molecular complexity index is 960. The van der Waals surface area contributed by atoms with E-state index in [2.05, 4.69) is 21.0 Å². The Morgan fingerprint density at radius 2 is 2.12 bits per heavy atom. The molecule has 0 aliphatic carbocycles. The van der Waals surface area contributed by atoms with Crippen LogP contribution in [0.3, 0.4) is 0 Å². The lowest BCUT2D eigenvalue weighted by molar-refractivity contribution is 0.186. The Balaban J connectivity index is 1.54. The van der Waals surface area contributed by atoms with Crippen LogP contribution in [0.25, 0.3) is 21.8 Å². The van der Waals surface area contributed by atoms with Gasteiger partial charge in [-0.1, -0.05) is 23.9 Å². The van der Waals surface area contributed by atoms with E-state index in [0.717, 1.165) is 44.9 Å². The zero-order valence-corrected chi connectivity index (χ0v) is 15.3. The van der Waals surface area contributed by atoms with Crippen LogP contribution in [0, 0.1) is 0 Å². The topological polar surface area (TPSA) is 53.1 Å². The molecule has 128 valence electrons. The molecule has 0 aliphatic heterocycles. The molecule has 7 heteroatoms. The fourth-order valence-corrected chi connectivity index (χ4v) is 4.41. The summed E-state index contributed by atoms with van der Waals surface area (Å²) in [6, 6.07) is 12.0. The summed E-state index contributed by atoms with van der Waals surface area (Å²) in [6.45, 7) is 1.45. The van der Waals surface area contributed by atoms with Crippen LogP contribution in [0.5, 0.6) is 0 Å². The molecule has 0 radical (unpaired) electrons. The van der Waals surface area contributed by atoms with Crippen LogP contribution in [-0.4, -0.2) is 28.3 Å². The first-order chi connectivity index (χ1) is 12.3. The van der Waals surface area contributed by atoms with Crippen molar-refractivity contribution >= 4 is 34.1 Å². The maximum Gasteiger partial charge on any atom is 0.169 e. The van der Waals surface area contributed by atoms with Gasteiger partial charge in [0, 0.05) is 24.8 Å². The lowest BCUT2D eigenvalue weighted by Crippen LogP contribution is -2.05. The quantitative estimate of drug-likeness (QED) is 0.441. The SMILES string of the molecule is COCCn1c(SCc2csc(-c3ccco3)n2)nc2ccccc21. The average Bonchev–Trinajstić information content (AvgIpc) is 3.36. The first kappa shape index (κ1) is 16.4. The second-order valence-corrected chi connectivity index (χ2v) is 7.24. The van der Waals surface area contributed by atoms with Crippen LogP contribution in [0.15, 0.2) is 57.6 Å². The van der Waals surface area contributed by atoms with Crippen molar-refractivity contribution in [1.82, 2.24) is 14.5 Å². The summed E-state index contributed by atoms with van der Waals surface area (Å²) in [5.41, 5.74) is 3.18. The molecule has 0 saturated carbocycles. The predicted octanol–water partition coefficient (Wildman–Crippen LogP) is 4.69. The molecule has 0 fully saturated rings. The van der Waals surface area contributed by atoms with Crippen molar-refractivity contribution < 1.29 is 9.15 Å². The highest BCUT2D eigenvalue weighted by Gasteiger charge is 2.13. The highest BCUT2D eigenvalue weighted by atomic mass is 32.2. The number of nitrogens with zero attached hydrogens (tertiary/aromatic N) is 3. The number of benzene rings is 1. The van der Waals surface area contributed by atoms with Crippen molar-refractivity contribution in [2.45, 2.75) is 17.5 Å². The molecule has 0 amide bonds.